The number of anilines is 2. The van der Waals surface area contributed by atoms with Gasteiger partial charge >= 0.3 is 5.69 Å². The normalized spacial score (nSPS) is 9.89. The summed E-state index contributed by atoms with van der Waals surface area (Å²) < 4.78 is 4.95. The van der Waals surface area contributed by atoms with Crippen molar-refractivity contribution in [3.05, 3.63) is 22.2 Å². The molecule has 0 aromatic carbocycles. The summed E-state index contributed by atoms with van der Waals surface area (Å²) in [5, 5.41) is 19.6. The molecule has 0 aliphatic rings. The van der Waals surface area contributed by atoms with Crippen LogP contribution >= 0.6 is 0 Å². The largest absolute Gasteiger partial charge is 0.384 e. The monoisotopic (exact) mass is 265 g/mol. The second-order valence-electron chi connectivity index (χ2n) is 3.72. The van der Waals surface area contributed by atoms with Crippen LogP contribution in [0.2, 0.25) is 0 Å². The summed E-state index contributed by atoms with van der Waals surface area (Å²) in [7, 11) is 1.53. The quantitative estimate of drug-likeness (QED) is 0.575. The van der Waals surface area contributed by atoms with Gasteiger partial charge in [-0.1, -0.05) is 0 Å². The third-order valence-electron chi connectivity index (χ3n) is 2.43. The van der Waals surface area contributed by atoms with Crippen molar-refractivity contribution in [1.82, 2.24) is 4.98 Å². The van der Waals surface area contributed by atoms with E-state index in [0.717, 1.165) is 0 Å². The standard InChI is InChI=1S/C11H15N5O3/c1-19-8-7-15(6-2-5-12)11-9(16(17)18)3-4-10(13)14-11/h3-4H,2,6-8H2,1H3,(H2,13,14). The van der Waals surface area contributed by atoms with Crippen molar-refractivity contribution in [3.63, 3.8) is 0 Å². The van der Waals surface area contributed by atoms with Gasteiger partial charge in [0.25, 0.3) is 0 Å². The van der Waals surface area contributed by atoms with Crippen LogP contribution in [0.4, 0.5) is 17.3 Å². The van der Waals surface area contributed by atoms with E-state index in [1.807, 2.05) is 6.07 Å². The third-order valence-corrected chi connectivity index (χ3v) is 2.43. The van der Waals surface area contributed by atoms with Gasteiger partial charge in [0.2, 0.25) is 5.82 Å². The number of nitriles is 1. The Labute approximate surface area is 110 Å². The molecule has 0 radical (unpaired) electrons. The van der Waals surface area contributed by atoms with Crippen molar-refractivity contribution in [2.24, 2.45) is 0 Å². The van der Waals surface area contributed by atoms with Gasteiger partial charge in [-0.15, -0.1) is 0 Å². The Balaban J connectivity index is 3.08. The number of nitrogen functional groups attached to an aromatic ring is 1. The molecule has 102 valence electrons. The fourth-order valence-corrected chi connectivity index (χ4v) is 1.54. The smallest absolute Gasteiger partial charge is 0.311 e. The number of ether oxygens (including phenoxy) is 1. The molecule has 1 aromatic rings. The molecule has 8 heteroatoms. The van der Waals surface area contributed by atoms with E-state index in [9.17, 15) is 10.1 Å². The highest BCUT2D eigenvalue weighted by Gasteiger charge is 2.21. The lowest BCUT2D eigenvalue weighted by Gasteiger charge is -2.22. The van der Waals surface area contributed by atoms with E-state index in [1.165, 1.54) is 19.2 Å². The molecule has 0 bridgehead atoms. The lowest BCUT2D eigenvalue weighted by atomic mass is 10.3. The molecule has 0 amide bonds. The van der Waals surface area contributed by atoms with Gasteiger partial charge in [0.1, 0.15) is 5.82 Å². The number of aromatic nitrogens is 1. The Morgan fingerprint density at radius 1 is 1.58 bits per heavy atom. The topological polar surface area (TPSA) is 118 Å². The zero-order valence-electron chi connectivity index (χ0n) is 10.6. The minimum Gasteiger partial charge on any atom is -0.384 e. The van der Waals surface area contributed by atoms with E-state index >= 15 is 0 Å². The van der Waals surface area contributed by atoms with Crippen LogP contribution in [-0.2, 0) is 4.74 Å². The zero-order chi connectivity index (χ0) is 14.3. The molecule has 0 atom stereocenters. The molecule has 19 heavy (non-hydrogen) atoms. The van der Waals surface area contributed by atoms with Gasteiger partial charge in [-0.25, -0.2) is 4.98 Å². The van der Waals surface area contributed by atoms with Gasteiger partial charge in [-0.3, -0.25) is 10.1 Å². The Hall–Kier alpha value is -2.40. The fourth-order valence-electron chi connectivity index (χ4n) is 1.54. The van der Waals surface area contributed by atoms with Gasteiger partial charge in [0.05, 0.1) is 24.0 Å². The van der Waals surface area contributed by atoms with Crippen LogP contribution in [-0.4, -0.2) is 36.7 Å². The van der Waals surface area contributed by atoms with E-state index in [2.05, 4.69) is 4.98 Å². The van der Waals surface area contributed by atoms with Gasteiger partial charge in [-0.2, -0.15) is 5.26 Å². The van der Waals surface area contributed by atoms with Gasteiger partial charge < -0.3 is 15.4 Å². The summed E-state index contributed by atoms with van der Waals surface area (Å²) in [6.45, 7) is 1.10. The number of hydrogen-bond donors (Lipinski definition) is 1. The van der Waals surface area contributed by atoms with Crippen molar-refractivity contribution in [2.75, 3.05) is 37.4 Å². The molecule has 2 N–H and O–H groups in total. The van der Waals surface area contributed by atoms with Crippen molar-refractivity contribution in [2.45, 2.75) is 6.42 Å². The SMILES string of the molecule is COCCN(CCC#N)c1nc(N)ccc1[N+](=O)[O-]. The first-order chi connectivity index (χ1) is 9.10. The predicted molar refractivity (Wildman–Crippen MR) is 69.6 cm³/mol. The maximum absolute atomic E-state index is 11.0. The highest BCUT2D eigenvalue weighted by Crippen LogP contribution is 2.26. The van der Waals surface area contributed by atoms with E-state index in [-0.39, 0.29) is 23.7 Å². The first kappa shape index (κ1) is 14.7. The molecule has 0 aliphatic carbocycles. The molecule has 1 aromatic heterocycles. The van der Waals surface area contributed by atoms with Crippen LogP contribution in [0.15, 0.2) is 12.1 Å². The Morgan fingerprint density at radius 2 is 2.32 bits per heavy atom. The number of rotatable bonds is 7. The van der Waals surface area contributed by atoms with E-state index in [1.54, 1.807) is 4.90 Å². The Kier molecular flexibility index (Phi) is 5.50. The van der Waals surface area contributed by atoms with Crippen LogP contribution in [0.25, 0.3) is 0 Å². The molecule has 1 rings (SSSR count). The summed E-state index contributed by atoms with van der Waals surface area (Å²) in [6.07, 6.45) is 0.233. The summed E-state index contributed by atoms with van der Waals surface area (Å²) in [5.74, 6) is 0.359. The second-order valence-corrected chi connectivity index (χ2v) is 3.72. The van der Waals surface area contributed by atoms with Crippen molar-refractivity contribution in [1.29, 1.82) is 5.26 Å². The molecule has 1 heterocycles. The fraction of sp³-hybridized carbons (Fsp3) is 0.455. The predicted octanol–water partition coefficient (Wildman–Crippen LogP) is 0.938. The van der Waals surface area contributed by atoms with Crippen molar-refractivity contribution in [3.8, 4) is 6.07 Å². The lowest BCUT2D eigenvalue weighted by molar-refractivity contribution is -0.384. The molecule has 0 spiro atoms. The number of hydrogen-bond acceptors (Lipinski definition) is 7. The number of pyridine rings is 1. The first-order valence-corrected chi connectivity index (χ1v) is 5.62. The van der Waals surface area contributed by atoms with Gasteiger partial charge in [0, 0.05) is 26.3 Å². The second kappa shape index (κ2) is 7.13. The maximum atomic E-state index is 11.0. The third kappa shape index (κ3) is 4.08. The van der Waals surface area contributed by atoms with E-state index in [4.69, 9.17) is 15.7 Å². The summed E-state index contributed by atoms with van der Waals surface area (Å²) in [6, 6.07) is 4.68. The van der Waals surface area contributed by atoms with Crippen LogP contribution < -0.4 is 10.6 Å². The highest BCUT2D eigenvalue weighted by atomic mass is 16.6. The van der Waals surface area contributed by atoms with Crippen LogP contribution in [0, 0.1) is 21.4 Å². The molecule has 0 unspecified atom stereocenters. The minimum atomic E-state index is -0.520. The van der Waals surface area contributed by atoms with Crippen molar-refractivity contribution < 1.29 is 9.66 Å². The minimum absolute atomic E-state index is 0.136. The first-order valence-electron chi connectivity index (χ1n) is 5.62. The average molecular weight is 265 g/mol. The lowest BCUT2D eigenvalue weighted by Crippen LogP contribution is -2.29. The van der Waals surface area contributed by atoms with Gasteiger partial charge in [-0.05, 0) is 6.07 Å². The van der Waals surface area contributed by atoms with Crippen LogP contribution in [0.5, 0.6) is 0 Å². The van der Waals surface area contributed by atoms with Crippen molar-refractivity contribution >= 4 is 17.3 Å². The van der Waals surface area contributed by atoms with Crippen LogP contribution in [0.3, 0.4) is 0 Å². The number of nitro groups is 1. The molecule has 0 aliphatic heterocycles. The average Bonchev–Trinajstić information content (AvgIpc) is 2.38. The number of nitrogens with zero attached hydrogens (tertiary/aromatic N) is 4. The molecular weight excluding hydrogens is 250 g/mol. The van der Waals surface area contributed by atoms with E-state index in [0.29, 0.717) is 19.7 Å². The highest BCUT2D eigenvalue weighted by molar-refractivity contribution is 5.61. The zero-order valence-corrected chi connectivity index (χ0v) is 10.6. The molecule has 0 fully saturated rings. The summed E-state index contributed by atoms with van der Waals surface area (Å²) >= 11 is 0. The van der Waals surface area contributed by atoms with Gasteiger partial charge in [0.15, 0.2) is 0 Å². The maximum Gasteiger partial charge on any atom is 0.311 e. The molecular formula is C11H15N5O3. The Morgan fingerprint density at radius 3 is 2.89 bits per heavy atom. The van der Waals surface area contributed by atoms with Crippen LogP contribution in [0.1, 0.15) is 6.42 Å². The van der Waals surface area contributed by atoms with E-state index < -0.39 is 4.92 Å². The summed E-state index contributed by atoms with van der Waals surface area (Å²) in [4.78, 5) is 16.1. The molecule has 8 nitrogen and oxygen atoms in total. The Bertz CT molecular complexity index is 486. The number of nitrogens with two attached hydrogens (primary N) is 1. The summed E-state index contributed by atoms with van der Waals surface area (Å²) in [5.41, 5.74) is 5.43. The molecule has 0 saturated heterocycles. The molecule has 0 saturated carbocycles. The number of methoxy groups -OCH3 is 1.